The van der Waals surface area contributed by atoms with Crippen LogP contribution in [0.4, 0.5) is 0 Å². The number of pyridine rings is 1. The van der Waals surface area contributed by atoms with Gasteiger partial charge in [0.1, 0.15) is 0 Å². The van der Waals surface area contributed by atoms with Crippen LogP contribution >= 0.6 is 0 Å². The summed E-state index contributed by atoms with van der Waals surface area (Å²) < 4.78 is 0. The maximum atomic E-state index is 13.1. The molecule has 2 aromatic carbocycles. The summed E-state index contributed by atoms with van der Waals surface area (Å²) >= 11 is 0. The number of nitrogens with one attached hydrogen (secondary N) is 1. The molecular formula is C26H29N3O. The minimum absolute atomic E-state index is 0.155. The van der Waals surface area contributed by atoms with Gasteiger partial charge in [-0.1, -0.05) is 60.7 Å². The van der Waals surface area contributed by atoms with Crippen molar-refractivity contribution in [2.45, 2.75) is 25.8 Å². The van der Waals surface area contributed by atoms with Gasteiger partial charge in [0.2, 0.25) is 5.91 Å². The molecular weight excluding hydrogens is 370 g/mol. The van der Waals surface area contributed by atoms with Gasteiger partial charge >= 0.3 is 0 Å². The van der Waals surface area contributed by atoms with Crippen molar-refractivity contribution in [3.05, 3.63) is 90.3 Å². The number of hydrogen-bond donors (Lipinski definition) is 1. The molecule has 0 spiro atoms. The Morgan fingerprint density at radius 1 is 1.00 bits per heavy atom. The van der Waals surface area contributed by atoms with E-state index < -0.39 is 0 Å². The monoisotopic (exact) mass is 399 g/mol. The van der Waals surface area contributed by atoms with Crippen LogP contribution in [-0.2, 0) is 17.8 Å². The average Bonchev–Trinajstić information content (AvgIpc) is 2.81. The number of benzene rings is 2. The van der Waals surface area contributed by atoms with Crippen LogP contribution < -0.4 is 5.32 Å². The highest BCUT2D eigenvalue weighted by Crippen LogP contribution is 2.38. The van der Waals surface area contributed by atoms with E-state index in [0.717, 1.165) is 44.5 Å². The molecule has 1 amide bonds. The number of aromatic nitrogens is 1. The third kappa shape index (κ3) is 4.44. The van der Waals surface area contributed by atoms with Crippen molar-refractivity contribution in [2.75, 3.05) is 20.1 Å². The molecule has 4 nitrogen and oxygen atoms in total. The Hall–Kier alpha value is -2.98. The Balaban J connectivity index is 1.54. The fourth-order valence-corrected chi connectivity index (χ4v) is 4.57. The highest BCUT2D eigenvalue weighted by molar-refractivity contribution is 5.83. The third-order valence-electron chi connectivity index (χ3n) is 6.29. The normalized spacial score (nSPS) is 16.2. The molecule has 0 aliphatic carbocycles. The van der Waals surface area contributed by atoms with E-state index in [2.05, 4.69) is 75.9 Å². The van der Waals surface area contributed by atoms with Crippen molar-refractivity contribution in [2.24, 2.45) is 5.41 Å². The molecule has 1 fully saturated rings. The molecule has 0 bridgehead atoms. The summed E-state index contributed by atoms with van der Waals surface area (Å²) in [5, 5.41) is 2.95. The van der Waals surface area contributed by atoms with Crippen molar-refractivity contribution in [1.82, 2.24) is 15.2 Å². The molecule has 4 rings (SSSR count). The Morgan fingerprint density at radius 3 is 2.43 bits per heavy atom. The smallest absolute Gasteiger partial charge is 0.226 e. The summed E-state index contributed by atoms with van der Waals surface area (Å²) in [7, 11) is 1.76. The third-order valence-corrected chi connectivity index (χ3v) is 6.29. The first-order chi connectivity index (χ1) is 14.7. The molecule has 1 aliphatic rings. The second-order valence-electron chi connectivity index (χ2n) is 8.20. The van der Waals surface area contributed by atoms with E-state index in [1.807, 2.05) is 12.3 Å². The molecule has 1 N–H and O–H groups in total. The molecule has 2 heterocycles. The summed E-state index contributed by atoms with van der Waals surface area (Å²) in [4.78, 5) is 19.8. The van der Waals surface area contributed by atoms with E-state index in [-0.39, 0.29) is 11.3 Å². The van der Waals surface area contributed by atoms with Crippen LogP contribution in [0.3, 0.4) is 0 Å². The molecule has 0 unspecified atom stereocenters. The summed E-state index contributed by atoms with van der Waals surface area (Å²) in [5.74, 6) is 0.155. The maximum absolute atomic E-state index is 13.1. The Kier molecular flexibility index (Phi) is 6.24. The predicted molar refractivity (Wildman–Crippen MR) is 121 cm³/mol. The largest absolute Gasteiger partial charge is 0.359 e. The summed E-state index contributed by atoms with van der Waals surface area (Å²) in [6, 6.07) is 23.0. The van der Waals surface area contributed by atoms with Crippen LogP contribution in [0.5, 0.6) is 0 Å². The molecule has 1 saturated heterocycles. The van der Waals surface area contributed by atoms with Crippen molar-refractivity contribution >= 4 is 5.91 Å². The van der Waals surface area contributed by atoms with Gasteiger partial charge in [0, 0.05) is 31.5 Å². The lowest BCUT2D eigenvalue weighted by atomic mass is 9.72. The average molecular weight is 400 g/mol. The van der Waals surface area contributed by atoms with Gasteiger partial charge in [-0.2, -0.15) is 0 Å². The number of carbonyl (C=O) groups is 1. The Morgan fingerprint density at radius 2 is 1.73 bits per heavy atom. The van der Waals surface area contributed by atoms with E-state index in [4.69, 9.17) is 0 Å². The quantitative estimate of drug-likeness (QED) is 0.671. The zero-order valence-corrected chi connectivity index (χ0v) is 17.6. The van der Waals surface area contributed by atoms with Crippen LogP contribution in [0.15, 0.2) is 79.1 Å². The Labute approximate surface area is 179 Å². The zero-order valence-electron chi connectivity index (χ0n) is 17.6. The summed E-state index contributed by atoms with van der Waals surface area (Å²) in [5.41, 5.74) is 4.43. The topological polar surface area (TPSA) is 45.2 Å². The predicted octanol–water partition coefficient (Wildman–Crippen LogP) is 4.32. The van der Waals surface area contributed by atoms with E-state index in [9.17, 15) is 4.79 Å². The lowest BCUT2D eigenvalue weighted by Gasteiger charge is -2.41. The first kappa shape index (κ1) is 20.3. The van der Waals surface area contributed by atoms with Gasteiger partial charge in [-0.3, -0.25) is 14.7 Å². The van der Waals surface area contributed by atoms with Gasteiger partial charge in [-0.05, 0) is 55.1 Å². The second kappa shape index (κ2) is 9.23. The fraction of sp³-hybridized carbons (Fsp3) is 0.308. The van der Waals surface area contributed by atoms with Gasteiger partial charge in [-0.25, -0.2) is 0 Å². The minimum atomic E-state index is -0.375. The number of carbonyl (C=O) groups excluding carboxylic acids is 1. The number of amides is 1. The van der Waals surface area contributed by atoms with Gasteiger partial charge in [0.15, 0.2) is 0 Å². The molecule has 3 aromatic rings. The highest BCUT2D eigenvalue weighted by atomic mass is 16.2. The Bertz CT molecular complexity index is 964. The van der Waals surface area contributed by atoms with Crippen molar-refractivity contribution in [1.29, 1.82) is 0 Å². The molecule has 30 heavy (non-hydrogen) atoms. The van der Waals surface area contributed by atoms with Gasteiger partial charge in [0.05, 0.1) is 5.41 Å². The maximum Gasteiger partial charge on any atom is 0.226 e. The first-order valence-corrected chi connectivity index (χ1v) is 10.7. The van der Waals surface area contributed by atoms with Crippen LogP contribution in [-0.4, -0.2) is 35.9 Å². The number of likely N-dealkylation sites (tertiary alicyclic amines) is 1. The van der Waals surface area contributed by atoms with Gasteiger partial charge < -0.3 is 5.32 Å². The van der Waals surface area contributed by atoms with Gasteiger partial charge in [0.25, 0.3) is 0 Å². The van der Waals surface area contributed by atoms with Crippen molar-refractivity contribution in [3.8, 4) is 11.1 Å². The molecule has 0 radical (unpaired) electrons. The van der Waals surface area contributed by atoms with Crippen LogP contribution in [0.1, 0.15) is 24.0 Å². The van der Waals surface area contributed by atoms with Crippen LogP contribution in [0.2, 0.25) is 0 Å². The molecule has 4 heteroatoms. The number of rotatable bonds is 6. The molecule has 154 valence electrons. The molecule has 0 atom stereocenters. The summed E-state index contributed by atoms with van der Waals surface area (Å²) in [6.07, 6.45) is 6.16. The van der Waals surface area contributed by atoms with Gasteiger partial charge in [-0.15, -0.1) is 0 Å². The zero-order chi connectivity index (χ0) is 20.8. The van der Waals surface area contributed by atoms with E-state index in [0.29, 0.717) is 0 Å². The lowest BCUT2D eigenvalue weighted by molar-refractivity contribution is -0.133. The highest BCUT2D eigenvalue weighted by Gasteiger charge is 2.41. The van der Waals surface area contributed by atoms with Crippen molar-refractivity contribution < 1.29 is 4.79 Å². The summed E-state index contributed by atoms with van der Waals surface area (Å²) in [6.45, 7) is 2.80. The van der Waals surface area contributed by atoms with Crippen molar-refractivity contribution in [3.63, 3.8) is 0 Å². The fourth-order valence-electron chi connectivity index (χ4n) is 4.57. The number of hydrogen-bond acceptors (Lipinski definition) is 3. The molecule has 1 aromatic heterocycles. The SMILES string of the molecule is CNC(=O)C1(Cc2ccccc2-c2cccnc2)CCN(Cc2ccccc2)CC1. The van der Waals surface area contributed by atoms with E-state index in [1.54, 1.807) is 13.2 Å². The lowest BCUT2D eigenvalue weighted by Crippen LogP contribution is -2.49. The number of piperidine rings is 1. The van der Waals surface area contributed by atoms with Crippen LogP contribution in [0, 0.1) is 5.41 Å². The number of nitrogens with zero attached hydrogens (tertiary/aromatic N) is 2. The molecule has 0 saturated carbocycles. The van der Waals surface area contributed by atoms with Crippen LogP contribution in [0.25, 0.3) is 11.1 Å². The van der Waals surface area contributed by atoms with E-state index in [1.165, 1.54) is 16.7 Å². The first-order valence-electron chi connectivity index (χ1n) is 10.7. The minimum Gasteiger partial charge on any atom is -0.359 e. The van der Waals surface area contributed by atoms with E-state index >= 15 is 0 Å². The second-order valence-corrected chi connectivity index (χ2v) is 8.20. The standard InChI is InChI=1S/C26H29N3O/c1-27-25(30)26(13-16-29(17-14-26)20-21-8-3-2-4-9-21)18-22-10-5-6-12-24(22)23-11-7-15-28-19-23/h2-12,15,19H,13-14,16-18,20H2,1H3,(H,27,30). The molecule has 1 aliphatic heterocycles.